The molecule has 0 aliphatic rings. The second kappa shape index (κ2) is 5.61. The molecule has 0 atom stereocenters. The molecule has 0 spiro atoms. The highest BCUT2D eigenvalue weighted by Gasteiger charge is 2.10. The van der Waals surface area contributed by atoms with Crippen molar-refractivity contribution in [3.8, 4) is 22.6 Å². The average Bonchev–Trinajstić information content (AvgIpc) is 2.50. The van der Waals surface area contributed by atoms with Crippen molar-refractivity contribution in [2.75, 3.05) is 0 Å². The molecular weight excluding hydrogens is 335 g/mol. The summed E-state index contributed by atoms with van der Waals surface area (Å²) in [4.78, 5) is 18.9. The van der Waals surface area contributed by atoms with E-state index in [1.165, 1.54) is 18.2 Å². The predicted molar refractivity (Wildman–Crippen MR) is 83.4 cm³/mol. The van der Waals surface area contributed by atoms with Gasteiger partial charge in [-0.1, -0.05) is 46.3 Å². The molecule has 3 nitrogen and oxygen atoms in total. The van der Waals surface area contributed by atoms with E-state index in [-0.39, 0.29) is 11.4 Å². The van der Waals surface area contributed by atoms with Crippen molar-refractivity contribution in [3.63, 3.8) is 0 Å². The lowest BCUT2D eigenvalue weighted by atomic mass is 10.1. The average molecular weight is 345 g/mol. The SMILES string of the molecule is O=c1cc(-c2ccccc2)nc(-c2cc(F)ccc2Br)[nH]1. The quantitative estimate of drug-likeness (QED) is 0.763. The Labute approximate surface area is 128 Å². The molecule has 3 aromatic rings. The number of aromatic amines is 1. The fraction of sp³-hybridized carbons (Fsp3) is 0. The summed E-state index contributed by atoms with van der Waals surface area (Å²) in [6, 6.07) is 15.0. The van der Waals surface area contributed by atoms with Gasteiger partial charge in [0.1, 0.15) is 11.6 Å². The Morgan fingerprint density at radius 1 is 1.05 bits per heavy atom. The molecule has 0 amide bonds. The van der Waals surface area contributed by atoms with E-state index in [0.717, 1.165) is 5.56 Å². The zero-order valence-electron chi connectivity index (χ0n) is 10.8. The van der Waals surface area contributed by atoms with Crippen molar-refractivity contribution < 1.29 is 4.39 Å². The molecule has 21 heavy (non-hydrogen) atoms. The van der Waals surface area contributed by atoms with E-state index in [9.17, 15) is 9.18 Å². The summed E-state index contributed by atoms with van der Waals surface area (Å²) in [7, 11) is 0. The number of halogens is 2. The molecule has 2 aromatic carbocycles. The van der Waals surface area contributed by atoms with Crippen LogP contribution < -0.4 is 5.56 Å². The van der Waals surface area contributed by atoms with Crippen LogP contribution in [0.4, 0.5) is 4.39 Å². The van der Waals surface area contributed by atoms with Crippen molar-refractivity contribution in [2.45, 2.75) is 0 Å². The minimum atomic E-state index is -0.388. The minimum absolute atomic E-state index is 0.282. The van der Waals surface area contributed by atoms with Gasteiger partial charge in [-0.25, -0.2) is 9.37 Å². The summed E-state index contributed by atoms with van der Waals surface area (Å²) < 4.78 is 14.1. The lowest BCUT2D eigenvalue weighted by molar-refractivity contribution is 0.628. The largest absolute Gasteiger partial charge is 0.306 e. The third kappa shape index (κ3) is 2.92. The van der Waals surface area contributed by atoms with Crippen LogP contribution in [0.15, 0.2) is 63.9 Å². The molecule has 0 bridgehead atoms. The van der Waals surface area contributed by atoms with Crippen LogP contribution in [-0.2, 0) is 0 Å². The molecule has 1 aromatic heterocycles. The van der Waals surface area contributed by atoms with Gasteiger partial charge in [-0.2, -0.15) is 0 Å². The molecule has 104 valence electrons. The Morgan fingerprint density at radius 2 is 1.81 bits per heavy atom. The second-order valence-electron chi connectivity index (χ2n) is 4.47. The number of hydrogen-bond acceptors (Lipinski definition) is 2. The number of hydrogen-bond donors (Lipinski definition) is 1. The van der Waals surface area contributed by atoms with Crippen LogP contribution in [0, 0.1) is 5.82 Å². The Morgan fingerprint density at radius 3 is 2.57 bits per heavy atom. The fourth-order valence-corrected chi connectivity index (χ4v) is 2.46. The molecule has 1 heterocycles. The molecule has 1 N–H and O–H groups in total. The zero-order chi connectivity index (χ0) is 14.8. The first-order valence-corrected chi connectivity index (χ1v) is 7.05. The summed E-state index contributed by atoms with van der Waals surface area (Å²) in [5.41, 5.74) is 1.60. The Hall–Kier alpha value is -2.27. The maximum absolute atomic E-state index is 13.4. The maximum atomic E-state index is 13.4. The van der Waals surface area contributed by atoms with Crippen LogP contribution in [0.1, 0.15) is 0 Å². The van der Waals surface area contributed by atoms with E-state index in [0.29, 0.717) is 21.6 Å². The van der Waals surface area contributed by atoms with Gasteiger partial charge in [-0.15, -0.1) is 0 Å². The number of benzene rings is 2. The van der Waals surface area contributed by atoms with Crippen LogP contribution in [-0.4, -0.2) is 9.97 Å². The van der Waals surface area contributed by atoms with E-state index in [2.05, 4.69) is 25.9 Å². The number of H-pyrrole nitrogens is 1. The second-order valence-corrected chi connectivity index (χ2v) is 5.32. The molecule has 5 heteroatoms. The van der Waals surface area contributed by atoms with Crippen LogP contribution in [0.25, 0.3) is 22.6 Å². The highest BCUT2D eigenvalue weighted by molar-refractivity contribution is 9.10. The standard InChI is InChI=1S/C16H10BrFN2O/c17-13-7-6-11(18)8-12(13)16-19-14(9-15(21)20-16)10-4-2-1-3-5-10/h1-9H,(H,19,20,21). The Bertz CT molecular complexity index is 846. The normalized spacial score (nSPS) is 10.6. The first kappa shape index (κ1) is 13.7. The summed E-state index contributed by atoms with van der Waals surface area (Å²) in [5.74, 6) is -0.0614. The van der Waals surface area contributed by atoms with Crippen LogP contribution >= 0.6 is 15.9 Å². The highest BCUT2D eigenvalue weighted by Crippen LogP contribution is 2.27. The molecule has 0 saturated heterocycles. The fourth-order valence-electron chi connectivity index (χ4n) is 2.02. The Kier molecular flexibility index (Phi) is 3.66. The highest BCUT2D eigenvalue weighted by atomic mass is 79.9. The molecular formula is C16H10BrFN2O. The van der Waals surface area contributed by atoms with E-state index in [1.54, 1.807) is 6.07 Å². The third-order valence-corrected chi connectivity index (χ3v) is 3.69. The first-order chi connectivity index (χ1) is 10.1. The van der Waals surface area contributed by atoms with Crippen LogP contribution in [0.5, 0.6) is 0 Å². The lowest BCUT2D eigenvalue weighted by Gasteiger charge is -2.06. The van der Waals surface area contributed by atoms with Gasteiger partial charge in [0.25, 0.3) is 5.56 Å². The molecule has 3 rings (SSSR count). The first-order valence-electron chi connectivity index (χ1n) is 6.26. The number of aromatic nitrogens is 2. The number of nitrogens with one attached hydrogen (secondary N) is 1. The summed E-state index contributed by atoms with van der Waals surface area (Å²) in [5, 5.41) is 0. The lowest BCUT2D eigenvalue weighted by Crippen LogP contribution is -2.08. The Balaban J connectivity index is 2.19. The van der Waals surface area contributed by atoms with Gasteiger partial charge in [-0.05, 0) is 18.2 Å². The van der Waals surface area contributed by atoms with Gasteiger partial charge in [0.05, 0.1) is 5.69 Å². The minimum Gasteiger partial charge on any atom is -0.306 e. The molecule has 0 fully saturated rings. The number of rotatable bonds is 2. The maximum Gasteiger partial charge on any atom is 0.251 e. The molecule has 0 radical (unpaired) electrons. The van der Waals surface area contributed by atoms with Gasteiger partial charge in [-0.3, -0.25) is 4.79 Å². The van der Waals surface area contributed by atoms with Gasteiger partial charge in [0.2, 0.25) is 0 Å². The van der Waals surface area contributed by atoms with Crippen LogP contribution in [0.3, 0.4) is 0 Å². The molecule has 0 unspecified atom stereocenters. The molecule has 0 aliphatic heterocycles. The summed E-state index contributed by atoms with van der Waals surface area (Å²) >= 11 is 3.34. The van der Waals surface area contributed by atoms with Gasteiger partial charge in [0, 0.05) is 21.7 Å². The summed E-state index contributed by atoms with van der Waals surface area (Å²) in [6.07, 6.45) is 0. The van der Waals surface area contributed by atoms with E-state index in [4.69, 9.17) is 0 Å². The smallest absolute Gasteiger partial charge is 0.251 e. The number of nitrogens with zero attached hydrogens (tertiary/aromatic N) is 1. The monoisotopic (exact) mass is 344 g/mol. The van der Waals surface area contributed by atoms with Crippen LogP contribution in [0.2, 0.25) is 0 Å². The topological polar surface area (TPSA) is 45.8 Å². The van der Waals surface area contributed by atoms with Gasteiger partial charge >= 0.3 is 0 Å². The predicted octanol–water partition coefficient (Wildman–Crippen LogP) is 4.01. The van der Waals surface area contributed by atoms with Crippen molar-refractivity contribution in [3.05, 3.63) is 75.2 Å². The molecule has 0 saturated carbocycles. The van der Waals surface area contributed by atoms with E-state index in [1.807, 2.05) is 30.3 Å². The van der Waals surface area contributed by atoms with Gasteiger partial charge < -0.3 is 4.98 Å². The summed E-state index contributed by atoms with van der Waals surface area (Å²) in [6.45, 7) is 0. The zero-order valence-corrected chi connectivity index (χ0v) is 12.4. The van der Waals surface area contributed by atoms with Crippen molar-refractivity contribution in [1.29, 1.82) is 0 Å². The van der Waals surface area contributed by atoms with Gasteiger partial charge in [0.15, 0.2) is 0 Å². The molecule has 0 aliphatic carbocycles. The van der Waals surface area contributed by atoms with E-state index >= 15 is 0 Å². The van der Waals surface area contributed by atoms with Crippen molar-refractivity contribution >= 4 is 15.9 Å². The van der Waals surface area contributed by atoms with Crippen molar-refractivity contribution in [1.82, 2.24) is 9.97 Å². The third-order valence-electron chi connectivity index (χ3n) is 2.99. The van der Waals surface area contributed by atoms with Crippen molar-refractivity contribution in [2.24, 2.45) is 0 Å². The van der Waals surface area contributed by atoms with E-state index < -0.39 is 0 Å².